The summed E-state index contributed by atoms with van der Waals surface area (Å²) in [7, 11) is 0. The molecular formula is C19H19F6N5O4. The predicted octanol–water partition coefficient (Wildman–Crippen LogP) is 2.87. The summed E-state index contributed by atoms with van der Waals surface area (Å²) in [5, 5.41) is 10.3. The van der Waals surface area contributed by atoms with Gasteiger partial charge in [0.15, 0.2) is 6.61 Å². The SMILES string of the molecule is C=CC(=O)Nc1ccc2c(N3CC[C@@H](N)C3)nc(OCC(F)(F)F)nc2c1.O=C(O)C(F)(F)F. The number of carboxylic acid groups (broad SMARTS) is 1. The van der Waals surface area contributed by atoms with Crippen LogP contribution in [0.2, 0.25) is 0 Å². The van der Waals surface area contributed by atoms with Crippen molar-refractivity contribution in [1.29, 1.82) is 0 Å². The normalized spacial score (nSPS) is 16.0. The minimum Gasteiger partial charge on any atom is -0.475 e. The van der Waals surface area contributed by atoms with Gasteiger partial charge in [-0.15, -0.1) is 0 Å². The number of carboxylic acids is 1. The van der Waals surface area contributed by atoms with Gasteiger partial charge in [-0.1, -0.05) is 6.58 Å². The van der Waals surface area contributed by atoms with Gasteiger partial charge < -0.3 is 25.8 Å². The van der Waals surface area contributed by atoms with Crippen LogP contribution in [0, 0.1) is 0 Å². The number of rotatable bonds is 5. The number of hydrogen-bond acceptors (Lipinski definition) is 7. The Labute approximate surface area is 188 Å². The van der Waals surface area contributed by atoms with Crippen molar-refractivity contribution >= 4 is 34.3 Å². The van der Waals surface area contributed by atoms with Gasteiger partial charge in [0.2, 0.25) is 5.91 Å². The third kappa shape index (κ3) is 7.75. The van der Waals surface area contributed by atoms with Crippen LogP contribution in [0.4, 0.5) is 37.8 Å². The van der Waals surface area contributed by atoms with Gasteiger partial charge in [0, 0.05) is 30.2 Å². The minimum absolute atomic E-state index is 0.0410. The van der Waals surface area contributed by atoms with Gasteiger partial charge in [-0.25, -0.2) is 4.79 Å². The lowest BCUT2D eigenvalue weighted by Gasteiger charge is -2.20. The Morgan fingerprint density at radius 2 is 1.91 bits per heavy atom. The number of nitrogens with one attached hydrogen (secondary N) is 1. The molecule has 4 N–H and O–H groups in total. The quantitative estimate of drug-likeness (QED) is 0.427. The molecule has 0 spiro atoms. The highest BCUT2D eigenvalue weighted by Crippen LogP contribution is 2.31. The Hall–Kier alpha value is -3.62. The first-order chi connectivity index (χ1) is 15.7. The third-order valence-electron chi connectivity index (χ3n) is 4.24. The van der Waals surface area contributed by atoms with Crippen molar-refractivity contribution in [3.63, 3.8) is 0 Å². The van der Waals surface area contributed by atoms with Crippen LogP contribution in [0.15, 0.2) is 30.9 Å². The Kier molecular flexibility index (Phi) is 8.26. The number of aromatic nitrogens is 2. The Bertz CT molecular complexity index is 1060. The smallest absolute Gasteiger partial charge is 0.475 e. The molecule has 3 rings (SSSR count). The number of nitrogens with two attached hydrogens (primary N) is 1. The zero-order valence-electron chi connectivity index (χ0n) is 17.3. The molecule has 1 aliphatic heterocycles. The molecule has 1 aliphatic rings. The number of carbonyl (C=O) groups is 2. The molecule has 0 saturated carbocycles. The fourth-order valence-corrected chi connectivity index (χ4v) is 2.79. The molecular weight excluding hydrogens is 476 g/mol. The summed E-state index contributed by atoms with van der Waals surface area (Å²) in [4.78, 5) is 30.5. The first-order valence-electron chi connectivity index (χ1n) is 9.45. The van der Waals surface area contributed by atoms with Crippen LogP contribution in [0.1, 0.15) is 6.42 Å². The molecule has 2 heterocycles. The molecule has 1 aromatic carbocycles. The van der Waals surface area contributed by atoms with E-state index < -0.39 is 30.8 Å². The number of alkyl halides is 6. The van der Waals surface area contributed by atoms with Gasteiger partial charge in [-0.2, -0.15) is 36.3 Å². The van der Waals surface area contributed by atoms with E-state index in [9.17, 15) is 31.1 Å². The van der Waals surface area contributed by atoms with Gasteiger partial charge in [0.05, 0.1) is 5.52 Å². The Morgan fingerprint density at radius 3 is 2.41 bits per heavy atom. The fraction of sp³-hybridized carbons (Fsp3) is 0.368. The topological polar surface area (TPSA) is 131 Å². The van der Waals surface area contributed by atoms with Crippen LogP contribution in [0.25, 0.3) is 10.9 Å². The molecule has 1 aromatic heterocycles. The third-order valence-corrected chi connectivity index (χ3v) is 4.24. The highest BCUT2D eigenvalue weighted by atomic mass is 19.4. The molecule has 2 aromatic rings. The average Bonchev–Trinajstić information content (AvgIpc) is 3.16. The van der Waals surface area contributed by atoms with E-state index in [4.69, 9.17) is 20.4 Å². The standard InChI is InChI=1S/C17H18F3N5O2.C2HF3O2/c1-2-14(26)22-11-3-4-12-13(7-11)23-16(27-9-17(18,19)20)24-15(12)25-6-5-10(21)8-25;3-2(4,5)1(6)7/h2-4,7,10H,1,5-6,8-9,21H2,(H,22,26);(H,6,7)/t10-;/m1./s1. The summed E-state index contributed by atoms with van der Waals surface area (Å²) in [6, 6.07) is 4.46. The summed E-state index contributed by atoms with van der Waals surface area (Å²) in [5.74, 6) is -2.72. The molecule has 9 nitrogen and oxygen atoms in total. The molecule has 0 unspecified atom stereocenters. The van der Waals surface area contributed by atoms with Crippen LogP contribution >= 0.6 is 0 Å². The Balaban J connectivity index is 0.000000509. The second-order valence-corrected chi connectivity index (χ2v) is 6.96. The lowest BCUT2D eigenvalue weighted by Crippen LogP contribution is -2.27. The second-order valence-electron chi connectivity index (χ2n) is 6.96. The maximum Gasteiger partial charge on any atom is 0.490 e. The number of anilines is 2. The highest BCUT2D eigenvalue weighted by Gasteiger charge is 2.38. The van der Waals surface area contributed by atoms with E-state index in [0.717, 1.165) is 12.5 Å². The molecule has 0 aliphatic carbocycles. The summed E-state index contributed by atoms with van der Waals surface area (Å²) in [6.45, 7) is 3.03. The van der Waals surface area contributed by atoms with Crippen molar-refractivity contribution in [2.45, 2.75) is 24.8 Å². The van der Waals surface area contributed by atoms with Crippen molar-refractivity contribution < 1.29 is 45.8 Å². The Morgan fingerprint density at radius 1 is 1.26 bits per heavy atom. The number of hydrogen-bond donors (Lipinski definition) is 3. The number of amides is 1. The molecule has 186 valence electrons. The monoisotopic (exact) mass is 495 g/mol. The molecule has 1 saturated heterocycles. The van der Waals surface area contributed by atoms with E-state index in [1.54, 1.807) is 18.2 Å². The van der Waals surface area contributed by atoms with E-state index in [-0.39, 0.29) is 12.1 Å². The van der Waals surface area contributed by atoms with E-state index in [2.05, 4.69) is 21.9 Å². The number of aliphatic carboxylic acids is 1. The number of ether oxygens (including phenoxy) is 1. The van der Waals surface area contributed by atoms with E-state index in [1.807, 2.05) is 4.90 Å². The number of fused-ring (bicyclic) bond motifs is 1. The molecule has 15 heteroatoms. The predicted molar refractivity (Wildman–Crippen MR) is 108 cm³/mol. The number of carbonyl (C=O) groups excluding carboxylic acids is 1. The zero-order chi connectivity index (χ0) is 25.7. The van der Waals surface area contributed by atoms with Crippen molar-refractivity contribution in [3.8, 4) is 6.01 Å². The first-order valence-corrected chi connectivity index (χ1v) is 9.45. The van der Waals surface area contributed by atoms with Crippen LogP contribution in [-0.2, 0) is 9.59 Å². The van der Waals surface area contributed by atoms with Gasteiger partial charge in [0.25, 0.3) is 0 Å². The van der Waals surface area contributed by atoms with Gasteiger partial charge in [0.1, 0.15) is 5.82 Å². The molecule has 1 fully saturated rings. The van der Waals surface area contributed by atoms with Gasteiger partial charge in [-0.05, 0) is 30.7 Å². The van der Waals surface area contributed by atoms with Crippen molar-refractivity contribution in [1.82, 2.24) is 9.97 Å². The average molecular weight is 495 g/mol. The number of nitrogens with zero attached hydrogens (tertiary/aromatic N) is 3. The van der Waals surface area contributed by atoms with Crippen LogP contribution in [0.3, 0.4) is 0 Å². The molecule has 0 bridgehead atoms. The maximum atomic E-state index is 12.5. The van der Waals surface area contributed by atoms with Crippen molar-refractivity contribution in [3.05, 3.63) is 30.9 Å². The summed E-state index contributed by atoms with van der Waals surface area (Å²) < 4.78 is 73.9. The fourth-order valence-electron chi connectivity index (χ4n) is 2.79. The first kappa shape index (κ1) is 26.6. The van der Waals surface area contributed by atoms with Gasteiger partial charge in [-0.3, -0.25) is 4.79 Å². The molecule has 1 amide bonds. The lowest BCUT2D eigenvalue weighted by atomic mass is 10.2. The molecule has 34 heavy (non-hydrogen) atoms. The molecule has 0 radical (unpaired) electrons. The highest BCUT2D eigenvalue weighted by molar-refractivity contribution is 6.01. The zero-order valence-corrected chi connectivity index (χ0v) is 17.3. The van der Waals surface area contributed by atoms with Crippen LogP contribution in [-0.4, -0.2) is 65.0 Å². The van der Waals surface area contributed by atoms with Crippen LogP contribution in [0.5, 0.6) is 6.01 Å². The minimum atomic E-state index is -5.08. The van der Waals surface area contributed by atoms with E-state index >= 15 is 0 Å². The van der Waals surface area contributed by atoms with Crippen LogP contribution < -0.4 is 20.7 Å². The van der Waals surface area contributed by atoms with E-state index in [0.29, 0.717) is 35.5 Å². The second kappa shape index (κ2) is 10.5. The van der Waals surface area contributed by atoms with E-state index in [1.165, 1.54) is 0 Å². The summed E-state index contributed by atoms with van der Waals surface area (Å²) in [5.41, 5.74) is 6.71. The lowest BCUT2D eigenvalue weighted by molar-refractivity contribution is -0.192. The summed E-state index contributed by atoms with van der Waals surface area (Å²) in [6.07, 6.45) is -7.73. The summed E-state index contributed by atoms with van der Waals surface area (Å²) >= 11 is 0. The van der Waals surface area contributed by atoms with Gasteiger partial charge >= 0.3 is 24.3 Å². The largest absolute Gasteiger partial charge is 0.490 e. The number of benzene rings is 1. The van der Waals surface area contributed by atoms with Crippen molar-refractivity contribution in [2.75, 3.05) is 29.9 Å². The maximum absolute atomic E-state index is 12.5. The van der Waals surface area contributed by atoms with Crippen molar-refractivity contribution in [2.24, 2.45) is 5.73 Å². The number of halogens is 6. The molecule has 1 atom stereocenters.